The molecule has 0 bridgehead atoms. The number of hydrogen-bond donors (Lipinski definition) is 3. The van der Waals surface area contributed by atoms with Crippen LogP contribution in [0.15, 0.2) is 42.6 Å². The van der Waals surface area contributed by atoms with Crippen molar-refractivity contribution in [3.8, 4) is 6.07 Å². The number of para-hydroxylation sites is 1. The monoisotopic (exact) mass is 540 g/mol. The zero-order chi connectivity index (χ0) is 27.9. The van der Waals surface area contributed by atoms with Crippen molar-refractivity contribution in [1.29, 1.82) is 5.26 Å². The molecular weight excluding hydrogens is 517 g/mol. The summed E-state index contributed by atoms with van der Waals surface area (Å²) < 4.78 is 38.2. The van der Waals surface area contributed by atoms with E-state index in [0.717, 1.165) is 25.1 Å². The Balaban J connectivity index is 1.31. The average Bonchev–Trinajstić information content (AvgIpc) is 3.57. The molecular formula is C26H23F3N6O4. The quantitative estimate of drug-likeness (QED) is 0.497. The van der Waals surface area contributed by atoms with Gasteiger partial charge in [0.05, 0.1) is 23.4 Å². The van der Waals surface area contributed by atoms with Crippen LogP contribution >= 0.6 is 0 Å². The first kappa shape index (κ1) is 26.1. The van der Waals surface area contributed by atoms with Crippen molar-refractivity contribution >= 4 is 35.0 Å². The van der Waals surface area contributed by atoms with E-state index in [1.165, 1.54) is 4.90 Å². The number of pyridine rings is 1. The minimum Gasteiger partial charge on any atom is -0.336 e. The van der Waals surface area contributed by atoms with E-state index in [1.807, 2.05) is 0 Å². The van der Waals surface area contributed by atoms with Gasteiger partial charge in [0, 0.05) is 18.7 Å². The van der Waals surface area contributed by atoms with Gasteiger partial charge in [-0.25, -0.2) is 4.98 Å². The Kier molecular flexibility index (Phi) is 6.49. The zero-order valence-corrected chi connectivity index (χ0v) is 20.4. The van der Waals surface area contributed by atoms with E-state index >= 15 is 0 Å². The maximum atomic E-state index is 13.7. The molecule has 3 heterocycles. The molecule has 5 rings (SSSR count). The van der Waals surface area contributed by atoms with Crippen LogP contribution < -0.4 is 16.0 Å². The Morgan fingerprint density at radius 1 is 1.18 bits per heavy atom. The number of anilines is 2. The Morgan fingerprint density at radius 2 is 1.92 bits per heavy atom. The summed E-state index contributed by atoms with van der Waals surface area (Å²) in [6.07, 6.45) is -1.89. The van der Waals surface area contributed by atoms with E-state index in [-0.39, 0.29) is 36.9 Å². The van der Waals surface area contributed by atoms with E-state index in [4.69, 9.17) is 0 Å². The van der Waals surface area contributed by atoms with Gasteiger partial charge >= 0.3 is 18.0 Å². The highest BCUT2D eigenvalue weighted by Gasteiger charge is 2.56. The number of nitrogens with zero attached hydrogens (tertiary/aromatic N) is 3. The third kappa shape index (κ3) is 5.01. The number of halogens is 3. The summed E-state index contributed by atoms with van der Waals surface area (Å²) in [7, 11) is 0. The fourth-order valence-electron chi connectivity index (χ4n) is 5.14. The first-order valence-corrected chi connectivity index (χ1v) is 12.3. The molecule has 3 aliphatic rings. The molecule has 3 atom stereocenters. The predicted molar refractivity (Wildman–Crippen MR) is 130 cm³/mol. The molecule has 4 amide bonds. The molecule has 1 aliphatic carbocycles. The maximum absolute atomic E-state index is 13.7. The van der Waals surface area contributed by atoms with Crippen LogP contribution in [-0.4, -0.2) is 52.1 Å². The Bertz CT molecular complexity index is 1390. The maximum Gasteiger partial charge on any atom is 0.433 e. The van der Waals surface area contributed by atoms with E-state index in [9.17, 15) is 37.6 Å². The van der Waals surface area contributed by atoms with Gasteiger partial charge in [0.2, 0.25) is 11.8 Å². The molecule has 1 aromatic heterocycles. The van der Waals surface area contributed by atoms with Crippen molar-refractivity contribution in [2.24, 2.45) is 5.92 Å². The molecule has 2 aliphatic heterocycles. The van der Waals surface area contributed by atoms with Crippen molar-refractivity contribution < 1.29 is 32.3 Å². The van der Waals surface area contributed by atoms with Crippen molar-refractivity contribution in [3.63, 3.8) is 0 Å². The van der Waals surface area contributed by atoms with Gasteiger partial charge in [0.1, 0.15) is 17.8 Å². The number of benzene rings is 1. The highest BCUT2D eigenvalue weighted by Crippen LogP contribution is 2.46. The van der Waals surface area contributed by atoms with Crippen LogP contribution in [0.3, 0.4) is 0 Å². The van der Waals surface area contributed by atoms with Crippen LogP contribution in [0.4, 0.5) is 24.5 Å². The number of carbonyl (C=O) groups is 4. The lowest BCUT2D eigenvalue weighted by Gasteiger charge is -2.27. The first-order valence-electron chi connectivity index (χ1n) is 12.3. The summed E-state index contributed by atoms with van der Waals surface area (Å²) in [5.74, 6) is -3.11. The van der Waals surface area contributed by atoms with Gasteiger partial charge in [-0.05, 0) is 36.1 Å². The number of hydrogen-bond acceptors (Lipinski definition) is 6. The summed E-state index contributed by atoms with van der Waals surface area (Å²) in [6.45, 7) is -0.0621. The fraction of sp³-hybridized carbons (Fsp3) is 0.385. The molecule has 3 N–H and O–H groups in total. The second-order valence-electron chi connectivity index (χ2n) is 9.99. The molecule has 2 fully saturated rings. The summed E-state index contributed by atoms with van der Waals surface area (Å²) in [5, 5.41) is 17.2. The summed E-state index contributed by atoms with van der Waals surface area (Å²) in [6, 6.07) is 8.71. The number of nitrogens with one attached hydrogen (secondary N) is 3. The second-order valence-corrected chi connectivity index (χ2v) is 9.99. The number of fused-ring (bicyclic) bond motifs is 2. The van der Waals surface area contributed by atoms with Crippen molar-refractivity contribution in [2.45, 2.75) is 49.4 Å². The number of alkyl halides is 3. The largest absolute Gasteiger partial charge is 0.433 e. The SMILES string of the molecule is N#CC1C[C@@]2(CN1C(=O)[C@H](CC1CC1)NC(=O)C(=O)Nc1ccc(C(F)(F)F)nc1)C(=O)Nc1ccccc12. The third-order valence-corrected chi connectivity index (χ3v) is 7.30. The lowest BCUT2D eigenvalue weighted by Crippen LogP contribution is -2.53. The minimum atomic E-state index is -4.66. The van der Waals surface area contributed by atoms with Gasteiger partial charge in [-0.3, -0.25) is 19.2 Å². The van der Waals surface area contributed by atoms with Crippen molar-refractivity contribution in [3.05, 3.63) is 53.9 Å². The summed E-state index contributed by atoms with van der Waals surface area (Å²) >= 11 is 0. The topological polar surface area (TPSA) is 144 Å². The number of aromatic nitrogens is 1. The summed E-state index contributed by atoms with van der Waals surface area (Å²) in [5.41, 5.74) is -1.09. The van der Waals surface area contributed by atoms with Crippen LogP contribution in [0.2, 0.25) is 0 Å². The molecule has 1 unspecified atom stereocenters. The van der Waals surface area contributed by atoms with Crippen LogP contribution in [0.5, 0.6) is 0 Å². The van der Waals surface area contributed by atoms with Gasteiger partial charge in [0.15, 0.2) is 0 Å². The van der Waals surface area contributed by atoms with Crippen molar-refractivity contribution in [2.75, 3.05) is 17.2 Å². The van der Waals surface area contributed by atoms with Crippen molar-refractivity contribution in [1.82, 2.24) is 15.2 Å². The normalized spacial score (nSPS) is 22.6. The van der Waals surface area contributed by atoms with Gasteiger partial charge in [0.25, 0.3) is 0 Å². The van der Waals surface area contributed by atoms with Crippen LogP contribution in [0, 0.1) is 17.2 Å². The lowest BCUT2D eigenvalue weighted by molar-refractivity contribution is -0.141. The minimum absolute atomic E-state index is 0.0621. The van der Waals surface area contributed by atoms with E-state index in [2.05, 4.69) is 27.0 Å². The lowest BCUT2D eigenvalue weighted by atomic mass is 9.80. The van der Waals surface area contributed by atoms with E-state index in [1.54, 1.807) is 24.3 Å². The van der Waals surface area contributed by atoms with Crippen LogP contribution in [0.1, 0.15) is 36.9 Å². The number of nitriles is 1. The molecule has 39 heavy (non-hydrogen) atoms. The average molecular weight is 541 g/mol. The Morgan fingerprint density at radius 3 is 2.56 bits per heavy atom. The predicted octanol–water partition coefficient (Wildman–Crippen LogP) is 2.34. The molecule has 2 aromatic rings. The molecule has 1 saturated carbocycles. The molecule has 1 saturated heterocycles. The number of carbonyl (C=O) groups excluding carboxylic acids is 4. The summed E-state index contributed by atoms with van der Waals surface area (Å²) in [4.78, 5) is 56.4. The smallest absolute Gasteiger partial charge is 0.336 e. The van der Waals surface area contributed by atoms with Gasteiger partial charge in [-0.1, -0.05) is 31.0 Å². The van der Waals surface area contributed by atoms with Gasteiger partial charge in [-0.15, -0.1) is 0 Å². The molecule has 0 radical (unpaired) electrons. The highest BCUT2D eigenvalue weighted by atomic mass is 19.4. The van der Waals surface area contributed by atoms with Crippen LogP contribution in [-0.2, 0) is 30.8 Å². The highest BCUT2D eigenvalue weighted by molar-refractivity contribution is 6.40. The van der Waals surface area contributed by atoms with Crippen LogP contribution in [0.25, 0.3) is 0 Å². The Labute approximate surface area is 220 Å². The molecule has 1 spiro atoms. The molecule has 1 aromatic carbocycles. The molecule has 13 heteroatoms. The molecule has 10 nitrogen and oxygen atoms in total. The van der Waals surface area contributed by atoms with Gasteiger partial charge < -0.3 is 20.9 Å². The Hall–Kier alpha value is -4.47. The number of amides is 4. The first-order chi connectivity index (χ1) is 18.5. The van der Waals surface area contributed by atoms with E-state index < -0.39 is 47.1 Å². The number of rotatable bonds is 5. The standard InChI is InChI=1S/C26H23F3N6O4/c27-26(28,29)20-8-7-15(12-31-20)32-21(36)22(37)33-19(9-14-5-6-14)23(38)35-13-25(10-16(35)11-30)17-3-1-2-4-18(17)34-24(25)39/h1-4,7-8,12,14,16,19H,5-6,9-10,13H2,(H,32,36)(H,33,37)(H,34,39)/t16?,19-,25-/m0/s1. The van der Waals surface area contributed by atoms with E-state index in [0.29, 0.717) is 17.3 Å². The number of likely N-dealkylation sites (tertiary alicyclic amines) is 1. The zero-order valence-electron chi connectivity index (χ0n) is 20.4. The van der Waals surface area contributed by atoms with Gasteiger partial charge in [-0.2, -0.15) is 18.4 Å². The molecule has 202 valence electrons. The third-order valence-electron chi connectivity index (χ3n) is 7.30. The second kappa shape index (κ2) is 9.68. The fourth-order valence-corrected chi connectivity index (χ4v) is 5.14.